The van der Waals surface area contributed by atoms with Crippen molar-refractivity contribution in [1.82, 2.24) is 5.32 Å². The van der Waals surface area contributed by atoms with Crippen molar-refractivity contribution in [1.29, 1.82) is 0 Å². The van der Waals surface area contributed by atoms with E-state index in [1.54, 1.807) is 0 Å². The normalized spacial score (nSPS) is 17.3. The topological polar surface area (TPSA) is 55.1 Å². The number of hydrogen-bond acceptors (Lipinski definition) is 2. The summed E-state index contributed by atoms with van der Waals surface area (Å²) >= 11 is 0. The maximum atomic E-state index is 11.9. The van der Waals surface area contributed by atoms with Crippen LogP contribution in [-0.4, -0.2) is 18.0 Å². The Kier molecular flexibility index (Phi) is 3.20. The summed E-state index contributed by atoms with van der Waals surface area (Å²) < 4.78 is 0. The zero-order chi connectivity index (χ0) is 13.4. The van der Waals surface area contributed by atoms with Crippen LogP contribution in [0.2, 0.25) is 0 Å². The van der Waals surface area contributed by atoms with E-state index in [9.17, 15) is 4.79 Å². The van der Waals surface area contributed by atoms with Crippen LogP contribution in [0.15, 0.2) is 24.3 Å². The quantitative estimate of drug-likeness (QED) is 0.852. The molecule has 18 heavy (non-hydrogen) atoms. The number of carbonyl (C=O) groups excluding carboxylic acids is 1. The zero-order valence-electron chi connectivity index (χ0n) is 11.4. The molecule has 0 saturated heterocycles. The van der Waals surface area contributed by atoms with Crippen LogP contribution in [0.4, 0.5) is 0 Å². The molecule has 0 aliphatic heterocycles. The van der Waals surface area contributed by atoms with Crippen LogP contribution in [0.3, 0.4) is 0 Å². The fourth-order valence-electron chi connectivity index (χ4n) is 2.27. The summed E-state index contributed by atoms with van der Waals surface area (Å²) in [5.74, 6) is -0.0100. The van der Waals surface area contributed by atoms with Crippen LogP contribution in [0.1, 0.15) is 37.8 Å². The number of carbonyl (C=O) groups is 1. The fourth-order valence-corrected chi connectivity index (χ4v) is 2.27. The molecule has 0 spiro atoms. The van der Waals surface area contributed by atoms with E-state index in [0.717, 1.165) is 12.8 Å². The van der Waals surface area contributed by atoms with E-state index in [-0.39, 0.29) is 11.3 Å². The highest BCUT2D eigenvalue weighted by molar-refractivity contribution is 5.89. The molecule has 1 fully saturated rings. The minimum atomic E-state index is -0.582. The molecule has 0 atom stereocenters. The lowest BCUT2D eigenvalue weighted by atomic mass is 9.82. The van der Waals surface area contributed by atoms with Gasteiger partial charge < -0.3 is 11.1 Å². The van der Waals surface area contributed by atoms with Crippen LogP contribution in [0.25, 0.3) is 0 Å². The molecule has 3 heteroatoms. The first kappa shape index (κ1) is 13.1. The number of hydrogen-bond donors (Lipinski definition) is 2. The molecule has 1 aromatic carbocycles. The third kappa shape index (κ3) is 2.56. The molecule has 0 heterocycles. The van der Waals surface area contributed by atoms with Crippen molar-refractivity contribution >= 4 is 5.91 Å². The van der Waals surface area contributed by atoms with Crippen molar-refractivity contribution in [3.05, 3.63) is 35.4 Å². The molecule has 3 nitrogen and oxygen atoms in total. The minimum absolute atomic E-state index is 0.0100. The van der Waals surface area contributed by atoms with E-state index in [0.29, 0.717) is 6.54 Å². The Balaban J connectivity index is 2.03. The summed E-state index contributed by atoms with van der Waals surface area (Å²) in [5, 5.41) is 2.99. The Morgan fingerprint density at radius 1 is 1.39 bits per heavy atom. The number of nitrogens with one attached hydrogen (secondary N) is 1. The number of rotatable bonds is 4. The standard InChI is InChI=1S/C15H22N2O/c1-11-6-4-5-7-12(11)14(2,3)10-17-13(18)15(16)8-9-15/h4-7H,8-10,16H2,1-3H3,(H,17,18). The number of aryl methyl sites for hydroxylation is 1. The first-order valence-corrected chi connectivity index (χ1v) is 6.48. The molecule has 98 valence electrons. The molecular formula is C15H22N2O. The molecular weight excluding hydrogens is 224 g/mol. The van der Waals surface area contributed by atoms with Crippen molar-refractivity contribution < 1.29 is 4.79 Å². The van der Waals surface area contributed by atoms with Crippen LogP contribution < -0.4 is 11.1 Å². The van der Waals surface area contributed by atoms with Crippen molar-refractivity contribution in [2.45, 2.75) is 44.6 Å². The average molecular weight is 246 g/mol. The maximum Gasteiger partial charge on any atom is 0.240 e. The van der Waals surface area contributed by atoms with E-state index < -0.39 is 5.54 Å². The van der Waals surface area contributed by atoms with E-state index in [1.165, 1.54) is 11.1 Å². The molecule has 1 aromatic rings. The minimum Gasteiger partial charge on any atom is -0.354 e. The van der Waals surface area contributed by atoms with Crippen molar-refractivity contribution in [3.63, 3.8) is 0 Å². The van der Waals surface area contributed by atoms with Crippen LogP contribution in [0.5, 0.6) is 0 Å². The lowest BCUT2D eigenvalue weighted by molar-refractivity contribution is -0.123. The van der Waals surface area contributed by atoms with Gasteiger partial charge in [0.05, 0.1) is 5.54 Å². The van der Waals surface area contributed by atoms with Crippen molar-refractivity contribution in [3.8, 4) is 0 Å². The largest absolute Gasteiger partial charge is 0.354 e. The van der Waals surface area contributed by atoms with Gasteiger partial charge in [-0.05, 0) is 30.9 Å². The van der Waals surface area contributed by atoms with Gasteiger partial charge in [-0.25, -0.2) is 0 Å². The van der Waals surface area contributed by atoms with Crippen LogP contribution in [0, 0.1) is 6.92 Å². The van der Waals surface area contributed by atoms with Gasteiger partial charge in [0.25, 0.3) is 0 Å². The Bertz CT molecular complexity index is 461. The smallest absolute Gasteiger partial charge is 0.240 e. The lowest BCUT2D eigenvalue weighted by Gasteiger charge is -2.28. The highest BCUT2D eigenvalue weighted by atomic mass is 16.2. The second-order valence-corrected chi connectivity index (χ2v) is 6.04. The number of amides is 1. The van der Waals surface area contributed by atoms with Gasteiger partial charge in [-0.1, -0.05) is 38.1 Å². The summed E-state index contributed by atoms with van der Waals surface area (Å²) in [6.07, 6.45) is 1.62. The zero-order valence-corrected chi connectivity index (χ0v) is 11.4. The molecule has 2 rings (SSSR count). The highest BCUT2D eigenvalue weighted by Gasteiger charge is 2.46. The van der Waals surface area contributed by atoms with Gasteiger partial charge in [0.2, 0.25) is 5.91 Å². The summed E-state index contributed by atoms with van der Waals surface area (Å²) in [6.45, 7) is 7.01. The van der Waals surface area contributed by atoms with Gasteiger partial charge in [-0.15, -0.1) is 0 Å². The lowest BCUT2D eigenvalue weighted by Crippen LogP contribution is -2.46. The van der Waals surface area contributed by atoms with Gasteiger partial charge in [0.1, 0.15) is 0 Å². The SMILES string of the molecule is Cc1ccccc1C(C)(C)CNC(=O)C1(N)CC1. The van der Waals surface area contributed by atoms with E-state index in [2.05, 4.69) is 38.2 Å². The fraction of sp³-hybridized carbons (Fsp3) is 0.533. The van der Waals surface area contributed by atoms with Gasteiger partial charge in [-0.3, -0.25) is 4.79 Å². The monoisotopic (exact) mass is 246 g/mol. The highest BCUT2D eigenvalue weighted by Crippen LogP contribution is 2.32. The van der Waals surface area contributed by atoms with Gasteiger partial charge in [0.15, 0.2) is 0 Å². The number of nitrogens with two attached hydrogens (primary N) is 1. The molecule has 1 aliphatic carbocycles. The number of benzene rings is 1. The Morgan fingerprint density at radius 2 is 2.00 bits per heavy atom. The van der Waals surface area contributed by atoms with Gasteiger partial charge in [0, 0.05) is 12.0 Å². The molecule has 3 N–H and O–H groups in total. The first-order chi connectivity index (χ1) is 8.35. The molecule has 0 bridgehead atoms. The van der Waals surface area contributed by atoms with E-state index >= 15 is 0 Å². The average Bonchev–Trinajstić information content (AvgIpc) is 3.06. The van der Waals surface area contributed by atoms with E-state index in [4.69, 9.17) is 5.73 Å². The Labute approximate surface area is 109 Å². The third-order valence-electron chi connectivity index (χ3n) is 3.81. The predicted molar refractivity (Wildman–Crippen MR) is 73.4 cm³/mol. The summed E-state index contributed by atoms with van der Waals surface area (Å²) in [5.41, 5.74) is 7.74. The van der Waals surface area contributed by atoms with Crippen LogP contribution >= 0.6 is 0 Å². The third-order valence-corrected chi connectivity index (χ3v) is 3.81. The molecule has 0 radical (unpaired) electrons. The molecule has 1 amide bonds. The summed E-state index contributed by atoms with van der Waals surface area (Å²) in [7, 11) is 0. The van der Waals surface area contributed by atoms with Gasteiger partial charge >= 0.3 is 0 Å². The van der Waals surface area contributed by atoms with Gasteiger partial charge in [-0.2, -0.15) is 0 Å². The molecule has 0 aromatic heterocycles. The Morgan fingerprint density at radius 3 is 2.56 bits per heavy atom. The van der Waals surface area contributed by atoms with Crippen molar-refractivity contribution in [2.24, 2.45) is 5.73 Å². The maximum absolute atomic E-state index is 11.9. The molecule has 1 aliphatic rings. The second kappa shape index (κ2) is 4.39. The Hall–Kier alpha value is -1.35. The first-order valence-electron chi connectivity index (χ1n) is 6.48. The molecule has 1 saturated carbocycles. The summed E-state index contributed by atoms with van der Waals surface area (Å²) in [6, 6.07) is 8.30. The molecule has 0 unspecified atom stereocenters. The van der Waals surface area contributed by atoms with Crippen molar-refractivity contribution in [2.75, 3.05) is 6.54 Å². The second-order valence-electron chi connectivity index (χ2n) is 6.04. The van der Waals surface area contributed by atoms with Crippen LogP contribution in [-0.2, 0) is 10.2 Å². The predicted octanol–water partition coefficient (Wildman–Crippen LogP) is 1.88. The summed E-state index contributed by atoms with van der Waals surface area (Å²) in [4.78, 5) is 11.9. The van der Waals surface area contributed by atoms with E-state index in [1.807, 2.05) is 12.1 Å².